The van der Waals surface area contributed by atoms with Crippen LogP contribution < -0.4 is 10.1 Å². The summed E-state index contributed by atoms with van der Waals surface area (Å²) in [4.78, 5) is 12.4. The van der Waals surface area contributed by atoms with Crippen LogP contribution in [-0.2, 0) is 11.3 Å². The Kier molecular flexibility index (Phi) is 6.77. The van der Waals surface area contributed by atoms with Crippen molar-refractivity contribution in [3.8, 4) is 17.1 Å². The Bertz CT molecular complexity index is 1010. The predicted molar refractivity (Wildman–Crippen MR) is 112 cm³/mol. The number of hydrogen-bond donors (Lipinski definition) is 2. The van der Waals surface area contributed by atoms with Gasteiger partial charge in [-0.05, 0) is 68.0 Å². The summed E-state index contributed by atoms with van der Waals surface area (Å²) in [6.07, 6.45) is 0.239. The molecule has 3 rings (SSSR count). The Morgan fingerprint density at radius 2 is 1.93 bits per heavy atom. The van der Waals surface area contributed by atoms with Gasteiger partial charge < -0.3 is 10.1 Å². The van der Waals surface area contributed by atoms with Crippen molar-refractivity contribution in [2.45, 2.75) is 32.9 Å². The van der Waals surface area contributed by atoms with Crippen LogP contribution in [0.25, 0.3) is 11.4 Å². The number of aromatic amines is 1. The summed E-state index contributed by atoms with van der Waals surface area (Å²) >= 11 is 5.32. The highest BCUT2D eigenvalue weighted by Crippen LogP contribution is 2.21. The van der Waals surface area contributed by atoms with Crippen molar-refractivity contribution in [2.24, 2.45) is 0 Å². The van der Waals surface area contributed by atoms with E-state index in [-0.39, 0.29) is 24.2 Å². The summed E-state index contributed by atoms with van der Waals surface area (Å²) in [5.41, 5.74) is 1.72. The molecule has 3 aromatic rings. The minimum atomic E-state index is -0.302. The minimum Gasteiger partial charge on any atom is -0.494 e. The lowest BCUT2D eigenvalue weighted by atomic mass is 10.1. The first-order valence-electron chi connectivity index (χ1n) is 9.41. The van der Waals surface area contributed by atoms with Gasteiger partial charge in [0.2, 0.25) is 5.91 Å². The van der Waals surface area contributed by atoms with Gasteiger partial charge in [0.15, 0.2) is 10.6 Å². The Balaban J connectivity index is 1.64. The fourth-order valence-electron chi connectivity index (χ4n) is 2.97. The molecule has 1 heterocycles. The van der Waals surface area contributed by atoms with Gasteiger partial charge in [-0.1, -0.05) is 12.1 Å². The molecule has 0 radical (unpaired) electrons. The number of nitrogens with one attached hydrogen (secondary N) is 2. The molecule has 1 unspecified atom stereocenters. The normalized spacial score (nSPS) is 11.8. The maximum Gasteiger partial charge on any atom is 0.222 e. The van der Waals surface area contributed by atoms with E-state index in [0.29, 0.717) is 23.7 Å². The van der Waals surface area contributed by atoms with Crippen molar-refractivity contribution in [3.05, 3.63) is 64.7 Å². The van der Waals surface area contributed by atoms with Crippen LogP contribution in [0, 0.1) is 10.6 Å². The molecule has 0 aliphatic rings. The number of benzene rings is 2. The third-order valence-corrected chi connectivity index (χ3v) is 4.80. The van der Waals surface area contributed by atoms with Crippen LogP contribution >= 0.6 is 12.2 Å². The van der Waals surface area contributed by atoms with Crippen molar-refractivity contribution in [3.63, 3.8) is 0 Å². The minimum absolute atomic E-state index is 0.123. The zero-order valence-corrected chi connectivity index (χ0v) is 17.1. The third kappa shape index (κ3) is 5.29. The average Bonchev–Trinajstić information content (AvgIpc) is 3.08. The molecule has 0 aliphatic carbocycles. The maximum absolute atomic E-state index is 13.1. The van der Waals surface area contributed by atoms with Gasteiger partial charge in [-0.3, -0.25) is 14.5 Å². The first kappa shape index (κ1) is 20.7. The second-order valence-corrected chi connectivity index (χ2v) is 6.94. The molecule has 29 heavy (non-hydrogen) atoms. The van der Waals surface area contributed by atoms with Gasteiger partial charge in [-0.25, -0.2) is 4.39 Å². The summed E-state index contributed by atoms with van der Waals surface area (Å²) in [6.45, 7) is 4.78. The SMILES string of the molecule is CCOc1ccc(-c2n[nH]c(=S)n2CCC(=O)NC(C)c2ccc(F)cc2)cc1. The first-order valence-corrected chi connectivity index (χ1v) is 9.82. The van der Waals surface area contributed by atoms with Crippen LogP contribution in [0.2, 0.25) is 0 Å². The van der Waals surface area contributed by atoms with E-state index in [1.807, 2.05) is 38.1 Å². The largest absolute Gasteiger partial charge is 0.494 e. The maximum atomic E-state index is 13.1. The van der Waals surface area contributed by atoms with Crippen molar-refractivity contribution in [1.82, 2.24) is 20.1 Å². The standard InChI is InChI=1S/C21H23FN4O2S/c1-3-28-18-10-6-16(7-11-18)20-24-25-21(29)26(20)13-12-19(27)23-14(2)15-4-8-17(22)9-5-15/h4-11,14H,3,12-13H2,1-2H3,(H,23,27)(H,25,29). The Morgan fingerprint density at radius 1 is 1.24 bits per heavy atom. The van der Waals surface area contributed by atoms with E-state index in [2.05, 4.69) is 15.5 Å². The van der Waals surface area contributed by atoms with Gasteiger partial charge in [0, 0.05) is 18.5 Å². The summed E-state index contributed by atoms with van der Waals surface area (Å²) in [5, 5.41) is 10.0. The smallest absolute Gasteiger partial charge is 0.222 e. The molecule has 0 fully saturated rings. The molecule has 8 heteroatoms. The highest BCUT2D eigenvalue weighted by Gasteiger charge is 2.13. The highest BCUT2D eigenvalue weighted by molar-refractivity contribution is 7.71. The van der Waals surface area contributed by atoms with Crippen LogP contribution in [0.3, 0.4) is 0 Å². The van der Waals surface area contributed by atoms with E-state index in [9.17, 15) is 9.18 Å². The number of aromatic nitrogens is 3. The number of nitrogens with zero attached hydrogens (tertiary/aromatic N) is 2. The lowest BCUT2D eigenvalue weighted by molar-refractivity contribution is -0.121. The van der Waals surface area contributed by atoms with Gasteiger partial charge in [-0.2, -0.15) is 5.10 Å². The molecule has 0 saturated heterocycles. The van der Waals surface area contributed by atoms with Crippen LogP contribution in [0.4, 0.5) is 4.39 Å². The summed E-state index contributed by atoms with van der Waals surface area (Å²) in [5.74, 6) is 1.02. The van der Waals surface area contributed by atoms with Crippen molar-refractivity contribution in [2.75, 3.05) is 6.61 Å². The van der Waals surface area contributed by atoms with Crippen LogP contribution in [0.5, 0.6) is 5.75 Å². The third-order valence-electron chi connectivity index (χ3n) is 4.49. The van der Waals surface area contributed by atoms with Gasteiger partial charge in [0.05, 0.1) is 12.6 Å². The molecular weight excluding hydrogens is 391 g/mol. The molecule has 2 N–H and O–H groups in total. The molecule has 0 spiro atoms. The van der Waals surface area contributed by atoms with E-state index < -0.39 is 0 Å². The van der Waals surface area contributed by atoms with Crippen molar-refractivity contribution < 1.29 is 13.9 Å². The fourth-order valence-corrected chi connectivity index (χ4v) is 3.20. The number of hydrogen-bond acceptors (Lipinski definition) is 4. The quantitative estimate of drug-likeness (QED) is 0.536. The predicted octanol–water partition coefficient (Wildman–Crippen LogP) is 4.41. The van der Waals surface area contributed by atoms with E-state index in [1.165, 1.54) is 12.1 Å². The zero-order chi connectivity index (χ0) is 20.8. The molecule has 1 amide bonds. The van der Waals surface area contributed by atoms with Crippen LogP contribution in [0.1, 0.15) is 31.9 Å². The van der Waals surface area contributed by atoms with Crippen molar-refractivity contribution in [1.29, 1.82) is 0 Å². The lowest BCUT2D eigenvalue weighted by Gasteiger charge is -2.15. The number of amides is 1. The Labute approximate surface area is 173 Å². The Hall–Kier alpha value is -3.00. The first-order chi connectivity index (χ1) is 14.0. The second kappa shape index (κ2) is 9.47. The molecular formula is C21H23FN4O2S. The summed E-state index contributed by atoms with van der Waals surface area (Å²) < 4.78 is 20.8. The molecule has 2 aromatic carbocycles. The topological polar surface area (TPSA) is 71.9 Å². The van der Waals surface area contributed by atoms with Crippen LogP contribution in [-0.4, -0.2) is 27.3 Å². The molecule has 1 atom stereocenters. The van der Waals surface area contributed by atoms with Gasteiger partial charge >= 0.3 is 0 Å². The number of carbonyl (C=O) groups is 1. The van der Waals surface area contributed by atoms with E-state index in [1.54, 1.807) is 16.7 Å². The number of carbonyl (C=O) groups excluding carboxylic acids is 1. The summed E-state index contributed by atoms with van der Waals surface area (Å²) in [6, 6.07) is 13.4. The number of ether oxygens (including phenoxy) is 1. The highest BCUT2D eigenvalue weighted by atomic mass is 32.1. The van der Waals surface area contributed by atoms with Crippen LogP contribution in [0.15, 0.2) is 48.5 Å². The van der Waals surface area contributed by atoms with Gasteiger partial charge in [0.25, 0.3) is 0 Å². The molecule has 0 aliphatic heterocycles. The molecule has 0 bridgehead atoms. The van der Waals surface area contributed by atoms with E-state index in [4.69, 9.17) is 17.0 Å². The van der Waals surface area contributed by atoms with Crippen molar-refractivity contribution >= 4 is 18.1 Å². The summed E-state index contributed by atoms with van der Waals surface area (Å²) in [7, 11) is 0. The molecule has 1 aromatic heterocycles. The zero-order valence-electron chi connectivity index (χ0n) is 16.3. The lowest BCUT2D eigenvalue weighted by Crippen LogP contribution is -2.27. The number of H-pyrrole nitrogens is 1. The molecule has 0 saturated carbocycles. The fraction of sp³-hybridized carbons (Fsp3) is 0.286. The van der Waals surface area contributed by atoms with Gasteiger partial charge in [-0.15, -0.1) is 0 Å². The molecule has 152 valence electrons. The van der Waals surface area contributed by atoms with E-state index in [0.717, 1.165) is 16.9 Å². The van der Waals surface area contributed by atoms with Gasteiger partial charge in [0.1, 0.15) is 11.6 Å². The molecule has 6 nitrogen and oxygen atoms in total. The monoisotopic (exact) mass is 414 g/mol. The second-order valence-electron chi connectivity index (χ2n) is 6.55. The Morgan fingerprint density at radius 3 is 2.59 bits per heavy atom. The number of halogens is 1. The average molecular weight is 415 g/mol. The number of rotatable bonds is 8. The van der Waals surface area contributed by atoms with E-state index >= 15 is 0 Å².